The molecule has 1 saturated carbocycles. The molecule has 3 unspecified atom stereocenters. The largest absolute Gasteiger partial charge is 0.494 e. The summed E-state index contributed by atoms with van der Waals surface area (Å²) >= 11 is 0. The molecule has 4 heteroatoms. The normalized spacial score (nSPS) is 28.5. The van der Waals surface area contributed by atoms with E-state index in [1.165, 1.54) is 12.8 Å². The number of para-hydroxylation sites is 1. The van der Waals surface area contributed by atoms with E-state index in [1.807, 2.05) is 30.3 Å². The summed E-state index contributed by atoms with van der Waals surface area (Å²) in [6, 6.07) is 9.50. The van der Waals surface area contributed by atoms with Crippen LogP contribution in [-0.2, 0) is 4.79 Å². The maximum Gasteiger partial charge on any atom is 0.321 e. The average molecular weight is 289 g/mol. The minimum Gasteiger partial charge on any atom is -0.494 e. The Bertz CT molecular complexity index is 476. The number of hydrogen-bond acceptors (Lipinski definition) is 3. The lowest BCUT2D eigenvalue weighted by Gasteiger charge is -2.24. The van der Waals surface area contributed by atoms with Crippen LogP contribution in [0.25, 0.3) is 0 Å². The summed E-state index contributed by atoms with van der Waals surface area (Å²) < 4.78 is 5.68. The van der Waals surface area contributed by atoms with Gasteiger partial charge < -0.3 is 9.84 Å². The van der Waals surface area contributed by atoms with Crippen molar-refractivity contribution in [1.82, 2.24) is 4.90 Å². The maximum atomic E-state index is 11.5. The van der Waals surface area contributed by atoms with Crippen LogP contribution in [0.1, 0.15) is 25.7 Å². The summed E-state index contributed by atoms with van der Waals surface area (Å²) in [5, 5.41) is 9.49. The molecule has 0 aromatic heterocycles. The molecular formula is C17H23NO3. The Morgan fingerprint density at radius 3 is 2.86 bits per heavy atom. The molecular weight excluding hydrogens is 266 g/mol. The van der Waals surface area contributed by atoms with Crippen molar-refractivity contribution in [3.8, 4) is 5.75 Å². The highest BCUT2D eigenvalue weighted by Gasteiger charge is 2.47. The van der Waals surface area contributed by atoms with Crippen LogP contribution in [0, 0.1) is 11.8 Å². The summed E-state index contributed by atoms with van der Waals surface area (Å²) in [5.74, 6) is 1.21. The molecule has 1 aliphatic carbocycles. The summed E-state index contributed by atoms with van der Waals surface area (Å²) in [6.45, 7) is 2.41. The number of hydrogen-bond donors (Lipinski definition) is 1. The van der Waals surface area contributed by atoms with Gasteiger partial charge in [0.1, 0.15) is 11.8 Å². The molecule has 0 amide bonds. The number of nitrogens with zero attached hydrogens (tertiary/aromatic N) is 1. The van der Waals surface area contributed by atoms with Crippen molar-refractivity contribution in [2.24, 2.45) is 11.8 Å². The van der Waals surface area contributed by atoms with E-state index in [2.05, 4.69) is 4.90 Å². The molecule has 0 radical (unpaired) electrons. The minimum atomic E-state index is -0.645. The maximum absolute atomic E-state index is 11.5. The molecule has 2 aliphatic rings. The van der Waals surface area contributed by atoms with Gasteiger partial charge in [-0.2, -0.15) is 0 Å². The van der Waals surface area contributed by atoms with Crippen LogP contribution in [0.2, 0.25) is 0 Å². The monoisotopic (exact) mass is 289 g/mol. The van der Waals surface area contributed by atoms with Gasteiger partial charge in [-0.25, -0.2) is 0 Å². The Kier molecular flexibility index (Phi) is 4.44. The molecule has 0 bridgehead atoms. The molecule has 1 N–H and O–H groups in total. The van der Waals surface area contributed by atoms with Crippen LogP contribution in [0.4, 0.5) is 0 Å². The second-order valence-corrected chi connectivity index (χ2v) is 6.15. The van der Waals surface area contributed by atoms with Gasteiger partial charge in [-0.15, -0.1) is 0 Å². The fourth-order valence-corrected chi connectivity index (χ4v) is 3.94. The number of carboxylic acid groups (broad SMARTS) is 1. The molecule has 0 spiro atoms. The quantitative estimate of drug-likeness (QED) is 0.818. The molecule has 1 aliphatic heterocycles. The second-order valence-electron chi connectivity index (χ2n) is 6.15. The first kappa shape index (κ1) is 14.4. The third-order valence-corrected chi connectivity index (χ3v) is 4.84. The number of rotatable bonds is 6. The molecule has 114 valence electrons. The highest BCUT2D eigenvalue weighted by Crippen LogP contribution is 2.42. The third kappa shape index (κ3) is 3.21. The fourth-order valence-electron chi connectivity index (χ4n) is 3.94. The topological polar surface area (TPSA) is 49.8 Å². The van der Waals surface area contributed by atoms with Crippen molar-refractivity contribution in [1.29, 1.82) is 0 Å². The molecule has 3 rings (SSSR count). The van der Waals surface area contributed by atoms with E-state index >= 15 is 0 Å². The number of carbonyl (C=O) groups is 1. The van der Waals surface area contributed by atoms with Crippen LogP contribution < -0.4 is 4.74 Å². The molecule has 1 aromatic carbocycles. The zero-order valence-corrected chi connectivity index (χ0v) is 12.3. The lowest BCUT2D eigenvalue weighted by Crippen LogP contribution is -2.40. The minimum absolute atomic E-state index is 0.269. The molecule has 2 fully saturated rings. The fraction of sp³-hybridized carbons (Fsp3) is 0.588. The van der Waals surface area contributed by atoms with Crippen LogP contribution in [0.5, 0.6) is 5.75 Å². The Morgan fingerprint density at radius 2 is 2.10 bits per heavy atom. The Hall–Kier alpha value is -1.55. The smallest absolute Gasteiger partial charge is 0.321 e. The first-order valence-electron chi connectivity index (χ1n) is 7.90. The van der Waals surface area contributed by atoms with Crippen LogP contribution in [0.3, 0.4) is 0 Å². The zero-order chi connectivity index (χ0) is 14.7. The third-order valence-electron chi connectivity index (χ3n) is 4.84. The Balaban J connectivity index is 1.47. The number of aliphatic carboxylic acids is 1. The van der Waals surface area contributed by atoms with Crippen molar-refractivity contribution >= 4 is 5.97 Å². The highest BCUT2D eigenvalue weighted by atomic mass is 16.5. The van der Waals surface area contributed by atoms with Crippen LogP contribution in [0.15, 0.2) is 30.3 Å². The summed E-state index contributed by atoms with van der Waals surface area (Å²) in [5.41, 5.74) is 0. The van der Waals surface area contributed by atoms with E-state index < -0.39 is 5.97 Å². The molecule has 1 heterocycles. The Labute approximate surface area is 125 Å². The lowest BCUT2D eigenvalue weighted by atomic mass is 9.94. The first-order valence-corrected chi connectivity index (χ1v) is 7.90. The van der Waals surface area contributed by atoms with E-state index in [1.54, 1.807) is 0 Å². The van der Waals surface area contributed by atoms with Crippen molar-refractivity contribution in [3.63, 3.8) is 0 Å². The SMILES string of the molecule is O=C(O)C1C2CCCC2CN1CCCOc1ccccc1. The Morgan fingerprint density at radius 1 is 1.29 bits per heavy atom. The zero-order valence-electron chi connectivity index (χ0n) is 12.3. The van der Waals surface area contributed by atoms with E-state index in [0.29, 0.717) is 18.4 Å². The molecule has 1 saturated heterocycles. The molecule has 21 heavy (non-hydrogen) atoms. The predicted molar refractivity (Wildman–Crippen MR) is 80.4 cm³/mol. The first-order chi connectivity index (χ1) is 10.3. The summed E-state index contributed by atoms with van der Waals surface area (Å²) in [7, 11) is 0. The van der Waals surface area contributed by atoms with Gasteiger partial charge in [-0.3, -0.25) is 9.69 Å². The van der Waals surface area contributed by atoms with Crippen LogP contribution >= 0.6 is 0 Å². The second kappa shape index (κ2) is 6.48. The van der Waals surface area contributed by atoms with Crippen molar-refractivity contribution in [2.45, 2.75) is 31.7 Å². The van der Waals surface area contributed by atoms with E-state index in [9.17, 15) is 9.90 Å². The van der Waals surface area contributed by atoms with Gasteiger partial charge in [0.25, 0.3) is 0 Å². The summed E-state index contributed by atoms with van der Waals surface area (Å²) in [6.07, 6.45) is 4.35. The van der Waals surface area contributed by atoms with Gasteiger partial charge in [0.2, 0.25) is 0 Å². The van der Waals surface area contributed by atoms with Gasteiger partial charge in [-0.05, 0) is 43.2 Å². The van der Waals surface area contributed by atoms with Gasteiger partial charge in [-0.1, -0.05) is 24.6 Å². The number of ether oxygens (including phenoxy) is 1. The number of fused-ring (bicyclic) bond motifs is 1. The molecule has 1 aromatic rings. The molecule has 4 nitrogen and oxygen atoms in total. The highest BCUT2D eigenvalue weighted by molar-refractivity contribution is 5.74. The predicted octanol–water partition coefficient (Wildman–Crippen LogP) is 2.64. The number of carboxylic acids is 1. The van der Waals surface area contributed by atoms with Gasteiger partial charge in [0.15, 0.2) is 0 Å². The van der Waals surface area contributed by atoms with E-state index in [0.717, 1.165) is 31.7 Å². The van der Waals surface area contributed by atoms with E-state index in [4.69, 9.17) is 4.74 Å². The van der Waals surface area contributed by atoms with Gasteiger partial charge >= 0.3 is 5.97 Å². The van der Waals surface area contributed by atoms with Gasteiger partial charge in [0.05, 0.1) is 6.61 Å². The standard InChI is InChI=1S/C17H23NO3/c19-17(20)16-15-9-4-6-13(15)12-18(16)10-5-11-21-14-7-2-1-3-8-14/h1-3,7-8,13,15-16H,4-6,9-12H2,(H,19,20). The number of benzene rings is 1. The molecule has 3 atom stereocenters. The summed E-state index contributed by atoms with van der Waals surface area (Å²) in [4.78, 5) is 13.7. The van der Waals surface area contributed by atoms with E-state index in [-0.39, 0.29) is 6.04 Å². The van der Waals surface area contributed by atoms with Crippen molar-refractivity contribution < 1.29 is 14.6 Å². The van der Waals surface area contributed by atoms with Crippen molar-refractivity contribution in [3.05, 3.63) is 30.3 Å². The van der Waals surface area contributed by atoms with Crippen molar-refractivity contribution in [2.75, 3.05) is 19.7 Å². The number of likely N-dealkylation sites (tertiary alicyclic amines) is 1. The average Bonchev–Trinajstić information content (AvgIpc) is 3.04. The lowest BCUT2D eigenvalue weighted by molar-refractivity contribution is -0.143. The van der Waals surface area contributed by atoms with Crippen LogP contribution in [-0.4, -0.2) is 41.7 Å². The van der Waals surface area contributed by atoms with Gasteiger partial charge in [0, 0.05) is 13.1 Å².